The van der Waals surface area contributed by atoms with Gasteiger partial charge >= 0.3 is 0 Å². The van der Waals surface area contributed by atoms with Crippen molar-refractivity contribution in [2.75, 3.05) is 31.1 Å². The van der Waals surface area contributed by atoms with E-state index in [-0.39, 0.29) is 17.9 Å². The van der Waals surface area contributed by atoms with E-state index in [0.717, 1.165) is 28.4 Å². The Morgan fingerprint density at radius 2 is 1.68 bits per heavy atom. The number of nitrogens with one attached hydrogen (secondary N) is 1. The van der Waals surface area contributed by atoms with Gasteiger partial charge in [-0.25, -0.2) is 15.0 Å². The fourth-order valence-corrected chi connectivity index (χ4v) is 4.28. The van der Waals surface area contributed by atoms with E-state index in [1.807, 2.05) is 72.5 Å². The van der Waals surface area contributed by atoms with E-state index in [2.05, 4.69) is 24.8 Å². The van der Waals surface area contributed by atoms with Crippen molar-refractivity contribution in [2.45, 2.75) is 19.8 Å². The van der Waals surface area contributed by atoms with Gasteiger partial charge < -0.3 is 14.8 Å². The molecular formula is C26H26N6O2. The third-order valence-corrected chi connectivity index (χ3v) is 6.10. The largest absolute Gasteiger partial charge is 0.353 e. The summed E-state index contributed by atoms with van der Waals surface area (Å²) in [6.07, 6.45) is 0.587. The van der Waals surface area contributed by atoms with Gasteiger partial charge in [0, 0.05) is 50.7 Å². The van der Waals surface area contributed by atoms with Crippen molar-refractivity contribution in [3.05, 3.63) is 82.5 Å². The molecule has 0 unspecified atom stereocenters. The minimum atomic E-state index is -0.232. The first-order valence-electron chi connectivity index (χ1n) is 11.5. The van der Waals surface area contributed by atoms with Crippen molar-refractivity contribution in [3.8, 4) is 11.3 Å². The number of carbonyl (C=O) groups is 1. The number of piperazine rings is 1. The van der Waals surface area contributed by atoms with Crippen LogP contribution in [-0.4, -0.2) is 56.9 Å². The number of H-pyrrole nitrogens is 1. The van der Waals surface area contributed by atoms with Crippen molar-refractivity contribution >= 4 is 22.8 Å². The zero-order valence-corrected chi connectivity index (χ0v) is 19.1. The number of rotatable bonds is 5. The fourth-order valence-electron chi connectivity index (χ4n) is 4.28. The van der Waals surface area contributed by atoms with Gasteiger partial charge in [-0.2, -0.15) is 0 Å². The van der Waals surface area contributed by atoms with E-state index >= 15 is 0 Å². The highest BCUT2D eigenvalue weighted by molar-refractivity contribution is 5.77. The molecule has 0 radical (unpaired) electrons. The van der Waals surface area contributed by atoms with E-state index in [1.165, 1.54) is 0 Å². The van der Waals surface area contributed by atoms with Crippen LogP contribution in [0.15, 0.2) is 65.5 Å². The molecule has 34 heavy (non-hydrogen) atoms. The van der Waals surface area contributed by atoms with Crippen molar-refractivity contribution < 1.29 is 4.79 Å². The Balaban J connectivity index is 1.21. The number of fused-ring (bicyclic) bond motifs is 1. The normalized spacial score (nSPS) is 13.9. The van der Waals surface area contributed by atoms with Gasteiger partial charge in [-0.1, -0.05) is 42.5 Å². The van der Waals surface area contributed by atoms with Crippen LogP contribution in [0.4, 0.5) is 5.82 Å². The minimum Gasteiger partial charge on any atom is -0.353 e. The lowest BCUT2D eigenvalue weighted by Gasteiger charge is -2.35. The van der Waals surface area contributed by atoms with E-state index in [9.17, 15) is 9.59 Å². The lowest BCUT2D eigenvalue weighted by molar-refractivity contribution is -0.131. The number of para-hydroxylation sites is 2. The highest BCUT2D eigenvalue weighted by Gasteiger charge is 2.23. The predicted molar refractivity (Wildman–Crippen MR) is 132 cm³/mol. The van der Waals surface area contributed by atoms with Crippen LogP contribution >= 0.6 is 0 Å². The Hall–Kier alpha value is -4.07. The van der Waals surface area contributed by atoms with Crippen LogP contribution in [0.1, 0.15) is 17.9 Å². The molecule has 8 nitrogen and oxygen atoms in total. The summed E-state index contributed by atoms with van der Waals surface area (Å²) >= 11 is 0. The first-order valence-corrected chi connectivity index (χ1v) is 11.5. The van der Waals surface area contributed by atoms with Crippen LogP contribution in [0.5, 0.6) is 0 Å². The van der Waals surface area contributed by atoms with Gasteiger partial charge in [0.05, 0.1) is 16.7 Å². The van der Waals surface area contributed by atoms with E-state index in [4.69, 9.17) is 0 Å². The molecule has 2 aromatic heterocycles. The van der Waals surface area contributed by atoms with Crippen molar-refractivity contribution in [1.29, 1.82) is 0 Å². The number of carbonyl (C=O) groups excluding carboxylic acids is 1. The van der Waals surface area contributed by atoms with E-state index in [1.54, 1.807) is 0 Å². The molecule has 1 N–H and O–H groups in total. The average molecular weight is 455 g/mol. The molecule has 0 atom stereocenters. The van der Waals surface area contributed by atoms with Crippen molar-refractivity contribution in [3.63, 3.8) is 0 Å². The molecule has 172 valence electrons. The number of aromatic nitrogens is 4. The van der Waals surface area contributed by atoms with Crippen LogP contribution < -0.4 is 10.5 Å². The Morgan fingerprint density at radius 3 is 2.47 bits per heavy atom. The summed E-state index contributed by atoms with van der Waals surface area (Å²) in [6, 6.07) is 19.5. The summed E-state index contributed by atoms with van der Waals surface area (Å²) in [5, 5.41) is 0. The third kappa shape index (κ3) is 4.66. The Kier molecular flexibility index (Phi) is 6.03. The molecule has 8 heteroatoms. The number of aromatic amines is 1. The topological polar surface area (TPSA) is 95.1 Å². The molecule has 1 fully saturated rings. The zero-order valence-electron chi connectivity index (χ0n) is 19.1. The lowest BCUT2D eigenvalue weighted by atomic mass is 10.1. The molecular weight excluding hydrogens is 428 g/mol. The molecule has 0 bridgehead atoms. The second-order valence-electron chi connectivity index (χ2n) is 8.42. The number of amides is 1. The van der Waals surface area contributed by atoms with Gasteiger partial charge in [0.15, 0.2) is 0 Å². The number of aryl methyl sites for hydroxylation is 2. The molecule has 1 amide bonds. The number of hydrogen-bond donors (Lipinski definition) is 1. The van der Waals surface area contributed by atoms with Crippen molar-refractivity contribution in [1.82, 2.24) is 24.8 Å². The first kappa shape index (κ1) is 21.8. The van der Waals surface area contributed by atoms with Gasteiger partial charge in [-0.3, -0.25) is 9.59 Å². The zero-order chi connectivity index (χ0) is 23.5. The number of hydrogen-bond acceptors (Lipinski definition) is 6. The molecule has 2 aromatic carbocycles. The fraction of sp³-hybridized carbons (Fsp3) is 0.269. The maximum atomic E-state index is 12.8. The molecule has 3 heterocycles. The smallest absolute Gasteiger partial charge is 0.270 e. The molecule has 0 saturated carbocycles. The number of anilines is 1. The quantitative estimate of drug-likeness (QED) is 0.498. The third-order valence-electron chi connectivity index (χ3n) is 6.10. The summed E-state index contributed by atoms with van der Waals surface area (Å²) in [5.41, 5.74) is 3.55. The Morgan fingerprint density at radius 1 is 0.941 bits per heavy atom. The highest BCUT2D eigenvalue weighted by Crippen LogP contribution is 2.22. The SMILES string of the molecule is Cc1nc(-c2ccccc2)cc(N2CCN(C(=O)CCc3nc4ccccc4[nH]c3=O)CC2)n1. The summed E-state index contributed by atoms with van der Waals surface area (Å²) in [7, 11) is 0. The Bertz CT molecular complexity index is 1380. The average Bonchev–Trinajstić information content (AvgIpc) is 2.87. The van der Waals surface area contributed by atoms with Crippen LogP contribution in [0, 0.1) is 6.92 Å². The predicted octanol–water partition coefficient (Wildman–Crippen LogP) is 2.97. The van der Waals surface area contributed by atoms with Gasteiger partial charge in [0.25, 0.3) is 5.56 Å². The monoisotopic (exact) mass is 454 g/mol. The van der Waals surface area contributed by atoms with E-state index in [0.29, 0.717) is 43.8 Å². The van der Waals surface area contributed by atoms with Crippen molar-refractivity contribution in [2.24, 2.45) is 0 Å². The van der Waals surface area contributed by atoms with E-state index < -0.39 is 0 Å². The van der Waals surface area contributed by atoms with Gasteiger partial charge in [-0.15, -0.1) is 0 Å². The maximum Gasteiger partial charge on any atom is 0.270 e. The van der Waals surface area contributed by atoms with Gasteiger partial charge in [-0.05, 0) is 19.1 Å². The number of benzene rings is 2. The second kappa shape index (κ2) is 9.43. The van der Waals surface area contributed by atoms with Gasteiger partial charge in [0.2, 0.25) is 5.91 Å². The number of nitrogens with zero attached hydrogens (tertiary/aromatic N) is 5. The molecule has 1 aliphatic rings. The first-order chi connectivity index (χ1) is 16.6. The standard InChI is InChI=1S/C26H26N6O2/c1-18-27-23(19-7-3-2-4-8-19)17-24(28-18)31-13-15-32(16-14-31)25(33)12-11-22-26(34)30-21-10-6-5-9-20(21)29-22/h2-10,17H,11-16H2,1H3,(H,30,34). The molecule has 1 saturated heterocycles. The highest BCUT2D eigenvalue weighted by atomic mass is 16.2. The molecule has 0 spiro atoms. The van der Waals surface area contributed by atoms with Crippen LogP contribution in [0.3, 0.4) is 0 Å². The molecule has 4 aromatic rings. The minimum absolute atomic E-state index is 0.0397. The lowest BCUT2D eigenvalue weighted by Crippen LogP contribution is -2.49. The summed E-state index contributed by atoms with van der Waals surface area (Å²) < 4.78 is 0. The summed E-state index contributed by atoms with van der Waals surface area (Å²) in [6.45, 7) is 4.53. The molecule has 0 aliphatic carbocycles. The van der Waals surface area contributed by atoms with Gasteiger partial charge in [0.1, 0.15) is 17.3 Å². The second-order valence-corrected chi connectivity index (χ2v) is 8.42. The van der Waals surface area contributed by atoms with Crippen LogP contribution in [0.25, 0.3) is 22.3 Å². The molecule has 5 rings (SSSR count). The summed E-state index contributed by atoms with van der Waals surface area (Å²) in [4.78, 5) is 45.7. The molecule has 1 aliphatic heterocycles. The maximum absolute atomic E-state index is 12.8. The Labute approximate surface area is 197 Å². The van der Waals surface area contributed by atoms with Crippen LogP contribution in [0.2, 0.25) is 0 Å². The summed E-state index contributed by atoms with van der Waals surface area (Å²) in [5.74, 6) is 1.64. The van der Waals surface area contributed by atoms with Crippen LogP contribution in [-0.2, 0) is 11.2 Å².